The van der Waals surface area contributed by atoms with Crippen molar-refractivity contribution in [2.75, 3.05) is 5.73 Å². The average Bonchev–Trinajstić information content (AvgIpc) is 2.29. The maximum absolute atomic E-state index is 11.1. The predicted octanol–water partition coefficient (Wildman–Crippen LogP) is 3.29. The molecule has 0 radical (unpaired) electrons. The first-order valence-electron chi connectivity index (χ1n) is 4.97. The Bertz CT molecular complexity index is 581. The Morgan fingerprint density at radius 1 is 1.12 bits per heavy atom. The first-order chi connectivity index (χ1) is 8.09. The topological polar surface area (TPSA) is 63.3 Å². The molecule has 0 bridgehead atoms. The summed E-state index contributed by atoms with van der Waals surface area (Å²) >= 11 is 6.07. The quantitative estimate of drug-likeness (QED) is 0.801. The van der Waals surface area contributed by atoms with Crippen LogP contribution < -0.4 is 5.73 Å². The second-order valence-corrected chi connectivity index (χ2v) is 4.00. The van der Waals surface area contributed by atoms with Gasteiger partial charge in [-0.15, -0.1) is 0 Å². The van der Waals surface area contributed by atoms with Gasteiger partial charge >= 0.3 is 5.97 Å². The second kappa shape index (κ2) is 4.47. The zero-order valence-electron chi connectivity index (χ0n) is 8.85. The molecule has 0 aromatic heterocycles. The average molecular weight is 248 g/mol. The molecule has 0 aliphatic carbocycles. The maximum atomic E-state index is 11.1. The smallest absolute Gasteiger partial charge is 0.336 e. The maximum Gasteiger partial charge on any atom is 0.336 e. The Labute approximate surface area is 103 Å². The summed E-state index contributed by atoms with van der Waals surface area (Å²) in [6.07, 6.45) is 0. The third kappa shape index (κ3) is 2.24. The first kappa shape index (κ1) is 11.5. The van der Waals surface area contributed by atoms with Gasteiger partial charge in [0.2, 0.25) is 0 Å². The van der Waals surface area contributed by atoms with Gasteiger partial charge in [0, 0.05) is 11.3 Å². The van der Waals surface area contributed by atoms with Crippen molar-refractivity contribution >= 4 is 23.3 Å². The molecule has 0 heterocycles. The van der Waals surface area contributed by atoms with E-state index in [1.807, 2.05) is 0 Å². The minimum absolute atomic E-state index is 0.221. The van der Waals surface area contributed by atoms with Crippen LogP contribution in [0.3, 0.4) is 0 Å². The first-order valence-corrected chi connectivity index (χ1v) is 5.35. The lowest BCUT2D eigenvalue weighted by Crippen LogP contribution is -1.99. The van der Waals surface area contributed by atoms with Gasteiger partial charge in [-0.3, -0.25) is 0 Å². The number of halogens is 1. The van der Waals surface area contributed by atoms with Crippen LogP contribution in [-0.4, -0.2) is 11.1 Å². The molecule has 0 aliphatic heterocycles. The standard InChI is InChI=1S/C13H10ClNO2/c14-12-7-8(15)5-6-10(12)9-3-1-2-4-11(9)13(16)17/h1-7H,15H2,(H,16,17). The number of anilines is 1. The van der Waals surface area contributed by atoms with Crippen LogP contribution in [0.15, 0.2) is 42.5 Å². The lowest BCUT2D eigenvalue weighted by molar-refractivity contribution is 0.0698. The number of hydrogen-bond donors (Lipinski definition) is 2. The summed E-state index contributed by atoms with van der Waals surface area (Å²) in [5, 5.41) is 9.55. The number of hydrogen-bond acceptors (Lipinski definition) is 2. The predicted molar refractivity (Wildman–Crippen MR) is 68.3 cm³/mol. The fourth-order valence-electron chi connectivity index (χ4n) is 1.65. The Morgan fingerprint density at radius 3 is 2.47 bits per heavy atom. The van der Waals surface area contributed by atoms with Crippen molar-refractivity contribution in [3.63, 3.8) is 0 Å². The van der Waals surface area contributed by atoms with Gasteiger partial charge in [0.1, 0.15) is 0 Å². The van der Waals surface area contributed by atoms with Gasteiger partial charge in [-0.05, 0) is 23.8 Å². The van der Waals surface area contributed by atoms with E-state index in [4.69, 9.17) is 22.4 Å². The minimum Gasteiger partial charge on any atom is -0.478 e. The van der Waals surface area contributed by atoms with Gasteiger partial charge in [0.15, 0.2) is 0 Å². The van der Waals surface area contributed by atoms with E-state index in [9.17, 15) is 4.79 Å². The van der Waals surface area contributed by atoms with Crippen molar-refractivity contribution in [2.45, 2.75) is 0 Å². The van der Waals surface area contributed by atoms with Crippen molar-refractivity contribution in [3.8, 4) is 11.1 Å². The number of carbonyl (C=O) groups is 1. The fourth-order valence-corrected chi connectivity index (χ4v) is 1.95. The number of carboxylic acids is 1. The zero-order chi connectivity index (χ0) is 12.4. The highest BCUT2D eigenvalue weighted by molar-refractivity contribution is 6.33. The van der Waals surface area contributed by atoms with E-state index in [1.165, 1.54) is 0 Å². The van der Waals surface area contributed by atoms with Crippen LogP contribution in [0.2, 0.25) is 5.02 Å². The molecule has 3 N–H and O–H groups in total. The van der Waals surface area contributed by atoms with E-state index >= 15 is 0 Å². The summed E-state index contributed by atoms with van der Waals surface area (Å²) in [5.41, 5.74) is 7.63. The SMILES string of the molecule is Nc1ccc(-c2ccccc2C(=O)O)c(Cl)c1. The highest BCUT2D eigenvalue weighted by Gasteiger charge is 2.12. The number of benzene rings is 2. The number of rotatable bonds is 2. The molecule has 2 aromatic carbocycles. The highest BCUT2D eigenvalue weighted by Crippen LogP contribution is 2.31. The summed E-state index contributed by atoms with van der Waals surface area (Å²) in [5.74, 6) is -0.978. The van der Waals surface area contributed by atoms with Crippen molar-refractivity contribution in [3.05, 3.63) is 53.1 Å². The fraction of sp³-hybridized carbons (Fsp3) is 0. The van der Waals surface area contributed by atoms with Gasteiger partial charge in [0.05, 0.1) is 10.6 Å². The lowest BCUT2D eigenvalue weighted by atomic mass is 9.99. The molecule has 0 aliphatic rings. The van der Waals surface area contributed by atoms with Crippen LogP contribution >= 0.6 is 11.6 Å². The number of nitrogen functional groups attached to an aromatic ring is 1. The zero-order valence-corrected chi connectivity index (χ0v) is 9.61. The van der Waals surface area contributed by atoms with Crippen LogP contribution in [0.5, 0.6) is 0 Å². The molecular formula is C13H10ClNO2. The van der Waals surface area contributed by atoms with Crippen LogP contribution in [0, 0.1) is 0 Å². The van der Waals surface area contributed by atoms with E-state index in [1.54, 1.807) is 42.5 Å². The summed E-state index contributed by atoms with van der Waals surface area (Å²) in [4.78, 5) is 11.1. The molecule has 0 fully saturated rings. The van der Waals surface area contributed by atoms with Crippen LogP contribution in [0.4, 0.5) is 5.69 Å². The van der Waals surface area contributed by atoms with Crippen molar-refractivity contribution < 1.29 is 9.90 Å². The Balaban J connectivity index is 2.64. The van der Waals surface area contributed by atoms with Crippen LogP contribution in [0.1, 0.15) is 10.4 Å². The van der Waals surface area contributed by atoms with Crippen molar-refractivity contribution in [1.29, 1.82) is 0 Å². The normalized spacial score (nSPS) is 10.2. The van der Waals surface area contributed by atoms with E-state index in [0.29, 0.717) is 21.8 Å². The summed E-state index contributed by atoms with van der Waals surface area (Å²) in [7, 11) is 0. The molecule has 0 saturated carbocycles. The Hall–Kier alpha value is -2.00. The van der Waals surface area contributed by atoms with E-state index in [2.05, 4.69) is 0 Å². The molecule has 0 spiro atoms. The van der Waals surface area contributed by atoms with Crippen molar-refractivity contribution in [2.24, 2.45) is 0 Å². The van der Waals surface area contributed by atoms with Crippen LogP contribution in [-0.2, 0) is 0 Å². The van der Waals surface area contributed by atoms with Gasteiger partial charge in [-0.1, -0.05) is 35.9 Å². The molecule has 0 atom stereocenters. The number of nitrogens with two attached hydrogens (primary N) is 1. The molecule has 2 aromatic rings. The van der Waals surface area contributed by atoms with Gasteiger partial charge in [-0.25, -0.2) is 4.79 Å². The molecule has 2 rings (SSSR count). The molecule has 0 saturated heterocycles. The molecule has 0 amide bonds. The number of aromatic carboxylic acids is 1. The van der Waals surface area contributed by atoms with Gasteiger partial charge in [-0.2, -0.15) is 0 Å². The van der Waals surface area contributed by atoms with E-state index in [0.717, 1.165) is 0 Å². The van der Waals surface area contributed by atoms with Gasteiger partial charge in [0.25, 0.3) is 0 Å². The Morgan fingerprint density at radius 2 is 1.82 bits per heavy atom. The minimum atomic E-state index is -0.978. The summed E-state index contributed by atoms with van der Waals surface area (Å²) in [6.45, 7) is 0. The third-order valence-electron chi connectivity index (χ3n) is 2.44. The van der Waals surface area contributed by atoms with Crippen molar-refractivity contribution in [1.82, 2.24) is 0 Å². The monoisotopic (exact) mass is 247 g/mol. The molecule has 4 heteroatoms. The molecule has 3 nitrogen and oxygen atoms in total. The molecular weight excluding hydrogens is 238 g/mol. The molecule has 0 unspecified atom stereocenters. The third-order valence-corrected chi connectivity index (χ3v) is 2.75. The number of carboxylic acid groups (broad SMARTS) is 1. The highest BCUT2D eigenvalue weighted by atomic mass is 35.5. The van der Waals surface area contributed by atoms with E-state index in [-0.39, 0.29) is 5.56 Å². The van der Waals surface area contributed by atoms with Crippen LogP contribution in [0.25, 0.3) is 11.1 Å². The second-order valence-electron chi connectivity index (χ2n) is 3.59. The Kier molecular flexibility index (Phi) is 3.02. The van der Waals surface area contributed by atoms with E-state index < -0.39 is 5.97 Å². The summed E-state index contributed by atoms with van der Waals surface area (Å²) < 4.78 is 0. The molecule has 17 heavy (non-hydrogen) atoms. The largest absolute Gasteiger partial charge is 0.478 e. The summed E-state index contributed by atoms with van der Waals surface area (Å²) in [6, 6.07) is 11.7. The molecule has 86 valence electrons. The lowest BCUT2D eigenvalue weighted by Gasteiger charge is -2.08. The van der Waals surface area contributed by atoms with Gasteiger partial charge < -0.3 is 10.8 Å².